The Morgan fingerprint density at radius 1 is 0.939 bits per heavy atom. The molecule has 3 fully saturated rings. The van der Waals surface area contributed by atoms with Crippen LogP contribution in [0.5, 0.6) is 0 Å². The summed E-state index contributed by atoms with van der Waals surface area (Å²) in [6.07, 6.45) is 9.43. The Morgan fingerprint density at radius 2 is 1.65 bits per heavy atom. The minimum absolute atomic E-state index is 0.0496. The van der Waals surface area contributed by atoms with Crippen molar-refractivity contribution in [3.05, 3.63) is 94.5 Å². The van der Waals surface area contributed by atoms with Crippen LogP contribution in [0, 0.1) is 11.8 Å². The molecule has 7 atom stereocenters. The van der Waals surface area contributed by atoms with E-state index in [1.54, 1.807) is 6.08 Å². The number of likely N-dealkylation sites (tertiary alicyclic amines) is 1. The number of esters is 1. The molecule has 0 radical (unpaired) electrons. The summed E-state index contributed by atoms with van der Waals surface area (Å²) < 4.78 is 13.5. The summed E-state index contributed by atoms with van der Waals surface area (Å²) in [5.74, 6) is -3.68. The number of carbonyl (C=O) groups is 4. The van der Waals surface area contributed by atoms with Gasteiger partial charge in [-0.2, -0.15) is 0 Å². The van der Waals surface area contributed by atoms with Gasteiger partial charge in [0, 0.05) is 23.5 Å². The van der Waals surface area contributed by atoms with Crippen molar-refractivity contribution >= 4 is 39.6 Å². The van der Waals surface area contributed by atoms with Gasteiger partial charge in [-0.05, 0) is 36.5 Å². The number of fused-ring (bicyclic) bond motifs is 2. The van der Waals surface area contributed by atoms with Crippen LogP contribution in [0.4, 0.5) is 0 Å². The van der Waals surface area contributed by atoms with E-state index >= 15 is 4.79 Å². The van der Waals surface area contributed by atoms with Crippen LogP contribution in [0.1, 0.15) is 68.2 Å². The van der Waals surface area contributed by atoms with E-state index in [2.05, 4.69) is 21.2 Å². The van der Waals surface area contributed by atoms with Gasteiger partial charge in [0.1, 0.15) is 29.8 Å². The van der Waals surface area contributed by atoms with Crippen LogP contribution in [0.3, 0.4) is 0 Å². The topological polar surface area (TPSA) is 125 Å². The molecule has 4 aliphatic heterocycles. The fourth-order valence-corrected chi connectivity index (χ4v) is 9.20. The molecule has 7 rings (SSSR count). The van der Waals surface area contributed by atoms with E-state index in [1.165, 1.54) is 4.90 Å². The summed E-state index contributed by atoms with van der Waals surface area (Å²) >= 11 is 3.63. The molecule has 1 saturated carbocycles. The molecule has 2 N–H and O–H groups in total. The van der Waals surface area contributed by atoms with Gasteiger partial charge in [-0.1, -0.05) is 108 Å². The van der Waals surface area contributed by atoms with Crippen LogP contribution in [0.2, 0.25) is 0 Å². The predicted octanol–water partition coefficient (Wildman–Crippen LogP) is 4.51. The summed E-state index contributed by atoms with van der Waals surface area (Å²) in [5, 5.41) is 13.8. The summed E-state index contributed by atoms with van der Waals surface area (Å²) in [6, 6.07) is 16.3. The van der Waals surface area contributed by atoms with Gasteiger partial charge in [-0.15, -0.1) is 0 Å². The van der Waals surface area contributed by atoms with E-state index in [0.717, 1.165) is 32.1 Å². The maximum absolute atomic E-state index is 15.2. The zero-order chi connectivity index (χ0) is 34.1. The maximum Gasteiger partial charge on any atom is 0.313 e. The minimum atomic E-state index is -1.47. The second-order valence-corrected chi connectivity index (χ2v) is 14.5. The lowest BCUT2D eigenvalue weighted by Gasteiger charge is -2.42. The molecular weight excluding hydrogens is 690 g/mol. The van der Waals surface area contributed by atoms with Crippen LogP contribution in [0.25, 0.3) is 0 Å². The van der Waals surface area contributed by atoms with E-state index in [1.807, 2.05) is 77.7 Å². The highest BCUT2D eigenvalue weighted by Crippen LogP contribution is 2.60. The van der Waals surface area contributed by atoms with Crippen LogP contribution in [-0.2, 0) is 28.7 Å². The molecule has 258 valence electrons. The number of allylic oxidation sites excluding steroid dienone is 1. The molecule has 3 amide bonds. The first-order chi connectivity index (χ1) is 23.8. The maximum atomic E-state index is 15.2. The number of cyclic esters (lactones) is 1. The standard InChI is InChI=1S/C38H42BrN3O7/c39-27-21-38-32-31(33(27)49-38)37(47)48-29(25-15-7-2-8-16-25)22-40-30(44)19-11-4-12-20-41(26-17-9-3-10-18-26)36(46)34(38)42(35(32)45)28(23-43)24-13-5-1-6-14-24/h1-2,4-8,12-16,21,26,28-29,31-34,43H,3,9-11,17-20,22-23H2,(H,40,44)/b12-4-/t28-,29+,31+,32-,33+,34+,38-/m1/s1. The smallest absolute Gasteiger partial charge is 0.313 e. The monoisotopic (exact) mass is 731 g/mol. The summed E-state index contributed by atoms with van der Waals surface area (Å²) in [7, 11) is 0. The number of aliphatic hydroxyl groups is 1. The number of rotatable bonds is 5. The Hall–Kier alpha value is -3.80. The SMILES string of the molecule is O=C1CC/C=C\CN(C2CCCCC2)C(=O)[C@@H]2N([C@H](CO)c3ccccc3)C(=O)[C@H]3[C@H](C(=O)O[C@H](c4ccccc4)CN1)[C@H]1O[C@@]23C=C1Br. The molecule has 11 heteroatoms. The van der Waals surface area contributed by atoms with Gasteiger partial charge < -0.3 is 29.7 Å². The number of hydrogen-bond acceptors (Lipinski definition) is 7. The molecule has 4 heterocycles. The third kappa shape index (κ3) is 6.14. The quantitative estimate of drug-likeness (QED) is 0.343. The predicted molar refractivity (Wildman–Crippen MR) is 184 cm³/mol. The first-order valence-electron chi connectivity index (χ1n) is 17.4. The number of nitrogens with one attached hydrogen (secondary N) is 1. The summed E-state index contributed by atoms with van der Waals surface area (Å²) in [5.41, 5.74) is -0.0948. The van der Waals surface area contributed by atoms with Crippen molar-refractivity contribution < 1.29 is 33.8 Å². The minimum Gasteiger partial charge on any atom is -0.455 e. The largest absolute Gasteiger partial charge is 0.455 e. The van der Waals surface area contributed by atoms with Crippen molar-refractivity contribution in [1.29, 1.82) is 0 Å². The van der Waals surface area contributed by atoms with Gasteiger partial charge in [-0.25, -0.2) is 0 Å². The molecule has 0 unspecified atom stereocenters. The average Bonchev–Trinajstić information content (AvgIpc) is 3.72. The van der Waals surface area contributed by atoms with Gasteiger partial charge in [0.25, 0.3) is 0 Å². The first-order valence-corrected chi connectivity index (χ1v) is 18.1. The Kier molecular flexibility index (Phi) is 9.77. The first kappa shape index (κ1) is 33.7. The Morgan fingerprint density at radius 3 is 2.37 bits per heavy atom. The van der Waals surface area contributed by atoms with Crippen LogP contribution in [-0.4, -0.2) is 82.1 Å². The third-order valence-electron chi connectivity index (χ3n) is 10.8. The van der Waals surface area contributed by atoms with E-state index < -0.39 is 60.2 Å². The molecule has 5 bridgehead atoms. The van der Waals surface area contributed by atoms with Gasteiger partial charge in [-0.3, -0.25) is 19.2 Å². The number of aliphatic hydroxyl groups excluding tert-OH is 1. The molecule has 1 aliphatic carbocycles. The highest BCUT2D eigenvalue weighted by atomic mass is 79.9. The Bertz CT molecular complexity index is 1630. The average molecular weight is 733 g/mol. The number of benzene rings is 2. The van der Waals surface area contributed by atoms with E-state index in [0.29, 0.717) is 28.6 Å². The number of halogens is 1. The molecule has 10 nitrogen and oxygen atoms in total. The van der Waals surface area contributed by atoms with Crippen LogP contribution >= 0.6 is 15.9 Å². The highest BCUT2D eigenvalue weighted by Gasteiger charge is 2.75. The second kappa shape index (κ2) is 14.2. The normalized spacial score (nSPS) is 32.4. The number of carbonyl (C=O) groups excluding carboxylic acids is 4. The zero-order valence-electron chi connectivity index (χ0n) is 27.3. The number of ether oxygens (including phenoxy) is 2. The summed E-state index contributed by atoms with van der Waals surface area (Å²) in [6.45, 7) is -0.0686. The van der Waals surface area contributed by atoms with Crippen molar-refractivity contribution in [3.8, 4) is 0 Å². The molecule has 1 spiro atoms. The van der Waals surface area contributed by atoms with Crippen molar-refractivity contribution in [2.75, 3.05) is 19.7 Å². The molecular formula is C38H42BrN3O7. The van der Waals surface area contributed by atoms with Crippen molar-refractivity contribution in [2.45, 2.75) is 80.9 Å². The van der Waals surface area contributed by atoms with Crippen molar-refractivity contribution in [2.24, 2.45) is 11.8 Å². The molecule has 2 aromatic rings. The van der Waals surface area contributed by atoms with Gasteiger partial charge in [0.15, 0.2) is 0 Å². The highest BCUT2D eigenvalue weighted by molar-refractivity contribution is 9.11. The zero-order valence-corrected chi connectivity index (χ0v) is 28.9. The van der Waals surface area contributed by atoms with E-state index in [-0.39, 0.29) is 30.8 Å². The fourth-order valence-electron chi connectivity index (χ4n) is 8.47. The Balaban J connectivity index is 1.35. The Labute approximate surface area is 294 Å². The van der Waals surface area contributed by atoms with Crippen molar-refractivity contribution in [3.63, 3.8) is 0 Å². The number of hydrogen-bond donors (Lipinski definition) is 2. The molecule has 2 saturated heterocycles. The lowest BCUT2D eigenvalue weighted by molar-refractivity contribution is -0.160. The molecule has 0 aromatic heterocycles. The fraction of sp³-hybridized carbons (Fsp3) is 0.474. The third-order valence-corrected chi connectivity index (χ3v) is 11.5. The number of amides is 3. The van der Waals surface area contributed by atoms with Crippen LogP contribution < -0.4 is 5.32 Å². The molecule has 2 aromatic carbocycles. The second-order valence-electron chi connectivity index (χ2n) is 13.6. The lowest BCUT2D eigenvalue weighted by Crippen LogP contribution is -2.58. The summed E-state index contributed by atoms with van der Waals surface area (Å²) in [4.78, 5) is 60.7. The number of nitrogens with zero attached hydrogens (tertiary/aromatic N) is 2. The lowest BCUT2D eigenvalue weighted by atomic mass is 9.74. The molecule has 5 aliphatic rings. The van der Waals surface area contributed by atoms with E-state index in [9.17, 15) is 19.5 Å². The van der Waals surface area contributed by atoms with Crippen molar-refractivity contribution in [1.82, 2.24) is 15.1 Å². The van der Waals surface area contributed by atoms with Crippen LogP contribution in [0.15, 0.2) is 83.4 Å². The van der Waals surface area contributed by atoms with Gasteiger partial charge in [0.2, 0.25) is 17.7 Å². The molecule has 49 heavy (non-hydrogen) atoms. The van der Waals surface area contributed by atoms with Gasteiger partial charge >= 0.3 is 5.97 Å². The van der Waals surface area contributed by atoms with E-state index in [4.69, 9.17) is 9.47 Å². The van der Waals surface area contributed by atoms with Gasteiger partial charge in [0.05, 0.1) is 25.1 Å².